The third-order valence-electron chi connectivity index (χ3n) is 4.61. The monoisotopic (exact) mass is 274 g/mol. The zero-order valence-corrected chi connectivity index (χ0v) is 12.6. The molecule has 1 aromatic carbocycles. The van der Waals surface area contributed by atoms with Crippen molar-refractivity contribution in [1.29, 1.82) is 0 Å². The Labute approximate surface area is 119 Å². The van der Waals surface area contributed by atoms with E-state index in [1.807, 2.05) is 0 Å². The fourth-order valence-corrected chi connectivity index (χ4v) is 3.85. The van der Waals surface area contributed by atoms with Gasteiger partial charge in [0, 0.05) is 6.04 Å². The number of aromatic nitrogens is 2. The van der Waals surface area contributed by atoms with Gasteiger partial charge in [-0.2, -0.15) is 0 Å². The Morgan fingerprint density at radius 3 is 2.74 bits per heavy atom. The normalized spacial score (nSPS) is 18.8. The molecule has 3 rings (SSSR count). The third kappa shape index (κ3) is 2.36. The Morgan fingerprint density at radius 1 is 1.26 bits per heavy atom. The highest BCUT2D eigenvalue weighted by molar-refractivity contribution is 7.71. The summed E-state index contributed by atoms with van der Waals surface area (Å²) in [4.78, 5) is 3.37. The number of hydrogen-bond acceptors (Lipinski definition) is 1. The van der Waals surface area contributed by atoms with E-state index in [1.54, 1.807) is 0 Å². The third-order valence-corrected chi connectivity index (χ3v) is 4.91. The summed E-state index contributed by atoms with van der Waals surface area (Å²) in [7, 11) is 0. The van der Waals surface area contributed by atoms with Gasteiger partial charge >= 0.3 is 0 Å². The Hall–Kier alpha value is -1.09. The molecule has 0 amide bonds. The number of benzene rings is 1. The zero-order chi connectivity index (χ0) is 13.4. The fourth-order valence-electron chi connectivity index (χ4n) is 3.48. The molecule has 0 spiro atoms. The van der Waals surface area contributed by atoms with Crippen LogP contribution in [0.4, 0.5) is 0 Å². The van der Waals surface area contributed by atoms with Gasteiger partial charge in [-0.15, -0.1) is 0 Å². The lowest BCUT2D eigenvalue weighted by Crippen LogP contribution is -2.19. The molecule has 1 atom stereocenters. The molecule has 0 saturated heterocycles. The van der Waals surface area contributed by atoms with Crippen molar-refractivity contribution < 1.29 is 0 Å². The van der Waals surface area contributed by atoms with E-state index < -0.39 is 0 Å². The van der Waals surface area contributed by atoms with E-state index in [4.69, 9.17) is 12.2 Å². The minimum Gasteiger partial charge on any atom is -0.331 e. The number of nitrogens with zero attached hydrogens (tertiary/aromatic N) is 1. The van der Waals surface area contributed by atoms with Crippen molar-refractivity contribution >= 4 is 23.3 Å². The lowest BCUT2D eigenvalue weighted by Gasteiger charge is -2.29. The molecule has 0 aliphatic heterocycles. The maximum atomic E-state index is 5.55. The first-order chi connectivity index (χ1) is 9.16. The van der Waals surface area contributed by atoms with Crippen molar-refractivity contribution in [2.24, 2.45) is 5.92 Å². The first kappa shape index (κ1) is 12.9. The number of nitrogens with one attached hydrogen (secondary N) is 1. The van der Waals surface area contributed by atoms with Gasteiger partial charge in [0.15, 0.2) is 4.77 Å². The predicted octanol–water partition coefficient (Wildman–Crippen LogP) is 5.15. The van der Waals surface area contributed by atoms with Gasteiger partial charge < -0.3 is 9.55 Å². The first-order valence-electron chi connectivity index (χ1n) is 7.37. The number of rotatable bonds is 2. The van der Waals surface area contributed by atoms with Crippen LogP contribution in [0.15, 0.2) is 18.2 Å². The molecule has 1 unspecified atom stereocenters. The highest BCUT2D eigenvalue weighted by Crippen LogP contribution is 2.34. The van der Waals surface area contributed by atoms with Crippen LogP contribution in [-0.2, 0) is 0 Å². The molecule has 19 heavy (non-hydrogen) atoms. The second-order valence-electron chi connectivity index (χ2n) is 5.96. The lowest BCUT2D eigenvalue weighted by molar-refractivity contribution is 0.266. The van der Waals surface area contributed by atoms with Crippen LogP contribution >= 0.6 is 12.2 Å². The molecule has 3 heteroatoms. The van der Waals surface area contributed by atoms with Crippen molar-refractivity contribution in [3.63, 3.8) is 0 Å². The molecule has 2 nitrogen and oxygen atoms in total. The summed E-state index contributed by atoms with van der Waals surface area (Å²) in [6, 6.07) is 7.07. The largest absolute Gasteiger partial charge is 0.331 e. The predicted molar refractivity (Wildman–Crippen MR) is 83.1 cm³/mol. The smallest absolute Gasteiger partial charge is 0.178 e. The fraction of sp³-hybridized carbons (Fsp3) is 0.562. The van der Waals surface area contributed by atoms with E-state index >= 15 is 0 Å². The average molecular weight is 274 g/mol. The van der Waals surface area contributed by atoms with Crippen LogP contribution in [-0.4, -0.2) is 9.55 Å². The minimum atomic E-state index is 0.504. The van der Waals surface area contributed by atoms with Crippen LogP contribution < -0.4 is 0 Å². The second-order valence-corrected chi connectivity index (χ2v) is 6.35. The second kappa shape index (κ2) is 5.12. The van der Waals surface area contributed by atoms with Crippen molar-refractivity contribution in [2.45, 2.75) is 52.0 Å². The standard InChI is InChI=1S/C16H22N2S/c1-11-8-9-15-14(10-11)17-16(19)18(15)12(2)13-6-4-3-5-7-13/h8-10,12-13H,3-7H2,1-2H3,(H,17,19). The Morgan fingerprint density at radius 2 is 2.00 bits per heavy atom. The number of hydrogen-bond donors (Lipinski definition) is 1. The van der Waals surface area contributed by atoms with Crippen molar-refractivity contribution in [2.75, 3.05) is 0 Å². The molecule has 1 aliphatic rings. The van der Waals surface area contributed by atoms with E-state index in [0.717, 1.165) is 10.7 Å². The topological polar surface area (TPSA) is 20.7 Å². The number of fused-ring (bicyclic) bond motifs is 1. The molecule has 1 fully saturated rings. The van der Waals surface area contributed by atoms with Gasteiger partial charge in [0.1, 0.15) is 0 Å². The number of H-pyrrole nitrogens is 1. The highest BCUT2D eigenvalue weighted by atomic mass is 32.1. The van der Waals surface area contributed by atoms with Crippen LogP contribution in [0.5, 0.6) is 0 Å². The summed E-state index contributed by atoms with van der Waals surface area (Å²) in [6.45, 7) is 4.46. The quantitative estimate of drug-likeness (QED) is 0.751. The van der Waals surface area contributed by atoms with Crippen LogP contribution in [0.25, 0.3) is 11.0 Å². The summed E-state index contributed by atoms with van der Waals surface area (Å²) in [5, 5.41) is 0. The molecule has 0 bridgehead atoms. The molecule has 1 aliphatic carbocycles. The summed E-state index contributed by atoms with van der Waals surface area (Å²) in [6.07, 6.45) is 6.86. The maximum Gasteiger partial charge on any atom is 0.178 e. The SMILES string of the molecule is Cc1ccc2c(c1)[nH]c(=S)n2C(C)C1CCCCC1. The van der Waals surface area contributed by atoms with E-state index in [2.05, 4.69) is 41.6 Å². The van der Waals surface area contributed by atoms with E-state index in [-0.39, 0.29) is 0 Å². The molecular formula is C16H22N2S. The molecule has 102 valence electrons. The average Bonchev–Trinajstić information content (AvgIpc) is 2.74. The van der Waals surface area contributed by atoms with Gasteiger partial charge in [0.2, 0.25) is 0 Å². The van der Waals surface area contributed by atoms with Crippen molar-refractivity contribution in [3.05, 3.63) is 28.5 Å². The molecule has 2 aromatic rings. The van der Waals surface area contributed by atoms with Gasteiger partial charge in [-0.25, -0.2) is 0 Å². The molecule has 1 aromatic heterocycles. The van der Waals surface area contributed by atoms with Gasteiger partial charge in [-0.3, -0.25) is 0 Å². The summed E-state index contributed by atoms with van der Waals surface area (Å²) in [5.41, 5.74) is 3.71. The van der Waals surface area contributed by atoms with Gasteiger partial charge in [-0.1, -0.05) is 25.3 Å². The number of aryl methyl sites for hydroxylation is 1. The molecule has 1 heterocycles. The Balaban J connectivity index is 2.03. The summed E-state index contributed by atoms with van der Waals surface area (Å²) >= 11 is 5.55. The number of imidazole rings is 1. The molecule has 1 N–H and O–H groups in total. The highest BCUT2D eigenvalue weighted by Gasteiger charge is 2.23. The van der Waals surface area contributed by atoms with Crippen LogP contribution in [0.2, 0.25) is 0 Å². The van der Waals surface area contributed by atoms with E-state index in [9.17, 15) is 0 Å². The van der Waals surface area contributed by atoms with Crippen LogP contribution in [0.3, 0.4) is 0 Å². The molecule has 1 saturated carbocycles. The van der Waals surface area contributed by atoms with Crippen molar-refractivity contribution in [1.82, 2.24) is 9.55 Å². The molecule has 0 radical (unpaired) electrons. The summed E-state index contributed by atoms with van der Waals surface area (Å²) in [5.74, 6) is 0.778. The maximum absolute atomic E-state index is 5.55. The van der Waals surface area contributed by atoms with Crippen molar-refractivity contribution in [3.8, 4) is 0 Å². The van der Waals surface area contributed by atoms with E-state index in [0.29, 0.717) is 6.04 Å². The van der Waals surface area contributed by atoms with Crippen LogP contribution in [0, 0.1) is 17.6 Å². The van der Waals surface area contributed by atoms with Gasteiger partial charge in [0.05, 0.1) is 11.0 Å². The lowest BCUT2D eigenvalue weighted by atomic mass is 9.84. The Bertz CT molecular complexity index is 632. The summed E-state index contributed by atoms with van der Waals surface area (Å²) < 4.78 is 3.21. The number of aromatic amines is 1. The van der Waals surface area contributed by atoms with Crippen LogP contribution in [0.1, 0.15) is 50.6 Å². The van der Waals surface area contributed by atoms with Gasteiger partial charge in [-0.05, 0) is 62.5 Å². The zero-order valence-electron chi connectivity index (χ0n) is 11.8. The van der Waals surface area contributed by atoms with E-state index in [1.165, 1.54) is 48.7 Å². The van der Waals surface area contributed by atoms with Gasteiger partial charge in [0.25, 0.3) is 0 Å². The Kier molecular flexibility index (Phi) is 3.48. The minimum absolute atomic E-state index is 0.504. The molecular weight excluding hydrogens is 252 g/mol. The first-order valence-corrected chi connectivity index (χ1v) is 7.78.